The van der Waals surface area contributed by atoms with Crippen LogP contribution in [0, 0.1) is 46.3 Å². The van der Waals surface area contributed by atoms with Gasteiger partial charge < -0.3 is 10.2 Å². The maximum Gasteiger partial charge on any atom is 0.0542 e. The minimum atomic E-state index is -0.0834. The molecule has 2 heteroatoms. The smallest absolute Gasteiger partial charge is 0.0542 e. The molecule has 0 spiro atoms. The van der Waals surface area contributed by atoms with Crippen LogP contribution in [-0.4, -0.2) is 22.4 Å². The lowest BCUT2D eigenvalue weighted by Gasteiger charge is -2.43. The average Bonchev–Trinajstić information content (AvgIpc) is 2.65. The minimum Gasteiger partial charge on any atom is -0.393 e. The Hall–Kier alpha value is -0.0800. The van der Waals surface area contributed by atoms with Crippen molar-refractivity contribution in [2.24, 2.45) is 46.3 Å². The highest BCUT2D eigenvalue weighted by molar-refractivity contribution is 4.88. The van der Waals surface area contributed by atoms with Crippen LogP contribution in [0.5, 0.6) is 0 Å². The van der Waals surface area contributed by atoms with E-state index in [9.17, 15) is 10.2 Å². The van der Waals surface area contributed by atoms with Crippen molar-refractivity contribution in [2.45, 2.75) is 158 Å². The Balaban J connectivity index is 0.000000340. The van der Waals surface area contributed by atoms with E-state index in [-0.39, 0.29) is 12.2 Å². The Morgan fingerprint density at radius 3 is 1.24 bits per heavy atom. The predicted octanol–water partition coefficient (Wildman–Crippen LogP) is 9.27. The fourth-order valence-electron chi connectivity index (χ4n) is 7.49. The molecule has 0 aliphatic heterocycles. The fraction of sp³-hybridized carbons (Fsp3) is 1.00. The largest absolute Gasteiger partial charge is 0.393 e. The number of aliphatic hydroxyl groups excluding tert-OH is 2. The van der Waals surface area contributed by atoms with E-state index in [4.69, 9.17) is 0 Å². The fourth-order valence-corrected chi connectivity index (χ4v) is 7.49. The summed E-state index contributed by atoms with van der Waals surface area (Å²) < 4.78 is 0. The van der Waals surface area contributed by atoms with Gasteiger partial charge in [0.2, 0.25) is 0 Å². The van der Waals surface area contributed by atoms with E-state index in [0.29, 0.717) is 22.7 Å². The molecule has 34 heavy (non-hydrogen) atoms. The zero-order valence-corrected chi connectivity index (χ0v) is 25.0. The molecule has 0 bridgehead atoms. The summed E-state index contributed by atoms with van der Waals surface area (Å²) in [4.78, 5) is 0. The number of aliphatic hydroxyl groups is 2. The van der Waals surface area contributed by atoms with Gasteiger partial charge >= 0.3 is 0 Å². The van der Waals surface area contributed by atoms with Crippen molar-refractivity contribution in [3.05, 3.63) is 0 Å². The van der Waals surface area contributed by atoms with Gasteiger partial charge in [-0.2, -0.15) is 0 Å². The molecule has 0 heterocycles. The van der Waals surface area contributed by atoms with E-state index in [1.165, 1.54) is 51.4 Å². The molecule has 6 atom stereocenters. The van der Waals surface area contributed by atoms with Crippen molar-refractivity contribution in [1.29, 1.82) is 0 Å². The molecule has 2 saturated carbocycles. The third-order valence-electron chi connectivity index (χ3n) is 9.45. The van der Waals surface area contributed by atoms with Gasteiger partial charge in [-0.1, -0.05) is 94.9 Å². The van der Waals surface area contributed by atoms with E-state index in [1.54, 1.807) is 0 Å². The summed E-state index contributed by atoms with van der Waals surface area (Å²) in [5, 5.41) is 20.0. The Bertz CT molecular complexity index is 487. The first kappa shape index (κ1) is 31.9. The van der Waals surface area contributed by atoms with Gasteiger partial charge in [0, 0.05) is 0 Å². The molecule has 204 valence electrons. The lowest BCUT2D eigenvalue weighted by Crippen LogP contribution is -2.34. The van der Waals surface area contributed by atoms with Gasteiger partial charge in [-0.3, -0.25) is 0 Å². The highest BCUT2D eigenvalue weighted by Crippen LogP contribution is 2.47. The third-order valence-corrected chi connectivity index (χ3v) is 9.45. The predicted molar refractivity (Wildman–Crippen MR) is 150 cm³/mol. The van der Waals surface area contributed by atoms with Crippen LogP contribution < -0.4 is 0 Å². The standard InChI is InChI=1S/2C16H32O/c2*1-12(2)11-14(17)8-9-15-13(3)7-6-10-16(15,4)5/h2*12-15,17H,6-11H2,1-5H3/t13-,14?,15?;13-,14?,15-/m00/s1. The van der Waals surface area contributed by atoms with Gasteiger partial charge in [0.15, 0.2) is 0 Å². The zero-order valence-electron chi connectivity index (χ0n) is 25.0. The summed E-state index contributed by atoms with van der Waals surface area (Å²) in [5.74, 6) is 4.51. The van der Waals surface area contributed by atoms with Crippen LogP contribution >= 0.6 is 0 Å². The second kappa shape index (κ2) is 14.6. The summed E-state index contributed by atoms with van der Waals surface area (Å²) in [5.41, 5.74) is 0.963. The second-order valence-electron chi connectivity index (χ2n) is 14.7. The second-order valence-corrected chi connectivity index (χ2v) is 14.7. The molecule has 0 aromatic carbocycles. The Labute approximate surface area is 215 Å². The number of hydrogen-bond acceptors (Lipinski definition) is 2. The maximum absolute atomic E-state index is 10.0. The molecule has 0 radical (unpaired) electrons. The molecule has 0 amide bonds. The Kier molecular flexibility index (Phi) is 13.7. The molecular weight excluding hydrogens is 416 g/mol. The Morgan fingerprint density at radius 1 is 0.647 bits per heavy atom. The van der Waals surface area contributed by atoms with Gasteiger partial charge in [0.05, 0.1) is 12.2 Å². The van der Waals surface area contributed by atoms with Crippen LogP contribution in [0.15, 0.2) is 0 Å². The molecule has 0 saturated heterocycles. The van der Waals surface area contributed by atoms with E-state index in [2.05, 4.69) is 69.2 Å². The molecule has 2 aliphatic rings. The number of hydrogen-bond donors (Lipinski definition) is 2. The molecular formula is C32H64O2. The summed E-state index contributed by atoms with van der Waals surface area (Å²) in [6, 6.07) is 0. The van der Waals surface area contributed by atoms with Crippen LogP contribution in [0.2, 0.25) is 0 Å². The van der Waals surface area contributed by atoms with Crippen molar-refractivity contribution in [2.75, 3.05) is 0 Å². The molecule has 2 aliphatic carbocycles. The van der Waals surface area contributed by atoms with E-state index >= 15 is 0 Å². The van der Waals surface area contributed by atoms with E-state index < -0.39 is 0 Å². The number of rotatable bonds is 10. The topological polar surface area (TPSA) is 40.5 Å². The Morgan fingerprint density at radius 2 is 0.971 bits per heavy atom. The quantitative estimate of drug-likeness (QED) is 0.327. The SMILES string of the molecule is CC(C)CC(O)CCC1[C@@H](C)CCCC1(C)C.CC(C)CC(O)CC[C@H]1[C@@H](C)CCCC1(C)C. The zero-order chi connectivity index (χ0) is 26.1. The molecule has 0 aromatic rings. The first-order valence-electron chi connectivity index (χ1n) is 15.0. The molecule has 0 aromatic heterocycles. The van der Waals surface area contributed by atoms with Crippen LogP contribution in [0.1, 0.15) is 146 Å². The van der Waals surface area contributed by atoms with Gasteiger partial charge in [-0.15, -0.1) is 0 Å². The van der Waals surface area contributed by atoms with Crippen molar-refractivity contribution in [1.82, 2.24) is 0 Å². The van der Waals surface area contributed by atoms with Crippen LogP contribution in [0.3, 0.4) is 0 Å². The lowest BCUT2D eigenvalue weighted by molar-refractivity contribution is 0.0533. The van der Waals surface area contributed by atoms with Crippen LogP contribution in [0.4, 0.5) is 0 Å². The third kappa shape index (κ3) is 11.3. The van der Waals surface area contributed by atoms with Crippen LogP contribution in [-0.2, 0) is 0 Å². The van der Waals surface area contributed by atoms with Crippen molar-refractivity contribution in [3.8, 4) is 0 Å². The van der Waals surface area contributed by atoms with Crippen LogP contribution in [0.25, 0.3) is 0 Å². The summed E-state index contributed by atoms with van der Waals surface area (Å²) in [7, 11) is 0. The summed E-state index contributed by atoms with van der Waals surface area (Å²) >= 11 is 0. The first-order valence-corrected chi connectivity index (χ1v) is 15.0. The molecule has 2 N–H and O–H groups in total. The van der Waals surface area contributed by atoms with Gasteiger partial charge in [-0.25, -0.2) is 0 Å². The van der Waals surface area contributed by atoms with E-state index in [1.807, 2.05) is 0 Å². The van der Waals surface area contributed by atoms with E-state index in [0.717, 1.165) is 49.4 Å². The van der Waals surface area contributed by atoms with Crippen molar-refractivity contribution in [3.63, 3.8) is 0 Å². The molecule has 2 rings (SSSR count). The maximum atomic E-state index is 10.0. The normalized spacial score (nSPS) is 30.5. The highest BCUT2D eigenvalue weighted by atomic mass is 16.3. The van der Waals surface area contributed by atoms with Gasteiger partial charge in [0.25, 0.3) is 0 Å². The van der Waals surface area contributed by atoms with Crippen molar-refractivity contribution < 1.29 is 10.2 Å². The van der Waals surface area contributed by atoms with Crippen molar-refractivity contribution >= 4 is 0 Å². The molecule has 2 fully saturated rings. The highest BCUT2D eigenvalue weighted by Gasteiger charge is 2.37. The summed E-state index contributed by atoms with van der Waals surface area (Å²) in [6.07, 6.45) is 14.4. The summed E-state index contributed by atoms with van der Waals surface area (Å²) in [6.45, 7) is 23.2. The minimum absolute atomic E-state index is 0.0834. The first-order chi connectivity index (χ1) is 15.7. The monoisotopic (exact) mass is 480 g/mol. The average molecular weight is 481 g/mol. The lowest BCUT2D eigenvalue weighted by atomic mass is 9.62. The molecule has 2 nitrogen and oxygen atoms in total. The van der Waals surface area contributed by atoms with Gasteiger partial charge in [0.1, 0.15) is 0 Å². The van der Waals surface area contributed by atoms with Gasteiger partial charge in [-0.05, 0) is 97.7 Å². The molecule has 3 unspecified atom stereocenters.